The van der Waals surface area contributed by atoms with Gasteiger partial charge in [-0.3, -0.25) is 0 Å². The molecule has 0 fully saturated rings. The number of rotatable bonds is 7. The van der Waals surface area contributed by atoms with Gasteiger partial charge in [-0.2, -0.15) is 0 Å². The van der Waals surface area contributed by atoms with Gasteiger partial charge < -0.3 is 9.53 Å². The molecular formula is C13H16O2. The van der Waals surface area contributed by atoms with Gasteiger partial charge >= 0.3 is 0 Å². The van der Waals surface area contributed by atoms with Crippen LogP contribution in [0.15, 0.2) is 42.5 Å². The molecule has 0 spiro atoms. The molecular weight excluding hydrogens is 188 g/mol. The summed E-state index contributed by atoms with van der Waals surface area (Å²) in [4.78, 5) is 10.00. The standard InChI is InChI=1S/C13H16O2/c14-10-6-1-2-7-11-15-12-13-8-4-3-5-9-13/h1-5,8-10H,6-7,11-12H2/b2-1+. The monoisotopic (exact) mass is 204 g/mol. The van der Waals surface area contributed by atoms with E-state index in [9.17, 15) is 4.79 Å². The Balaban J connectivity index is 2.05. The van der Waals surface area contributed by atoms with Gasteiger partial charge in [-0.25, -0.2) is 0 Å². The van der Waals surface area contributed by atoms with E-state index >= 15 is 0 Å². The third-order valence-corrected chi connectivity index (χ3v) is 1.94. The van der Waals surface area contributed by atoms with E-state index in [0.29, 0.717) is 19.6 Å². The minimum atomic E-state index is 0.499. The highest BCUT2D eigenvalue weighted by atomic mass is 16.5. The van der Waals surface area contributed by atoms with Crippen LogP contribution in [-0.2, 0) is 16.1 Å². The Morgan fingerprint density at radius 3 is 2.67 bits per heavy atom. The van der Waals surface area contributed by atoms with Crippen molar-refractivity contribution in [2.24, 2.45) is 0 Å². The highest BCUT2D eigenvalue weighted by molar-refractivity contribution is 5.51. The van der Waals surface area contributed by atoms with Crippen LogP contribution in [-0.4, -0.2) is 12.9 Å². The fourth-order valence-electron chi connectivity index (χ4n) is 1.19. The largest absolute Gasteiger partial charge is 0.376 e. The highest BCUT2D eigenvalue weighted by Gasteiger charge is 1.89. The third kappa shape index (κ3) is 5.81. The minimum absolute atomic E-state index is 0.499. The first-order chi connectivity index (χ1) is 7.43. The Hall–Kier alpha value is -1.41. The zero-order valence-electron chi connectivity index (χ0n) is 8.76. The Bertz CT molecular complexity index is 291. The molecule has 0 amide bonds. The van der Waals surface area contributed by atoms with Crippen LogP contribution >= 0.6 is 0 Å². The van der Waals surface area contributed by atoms with Gasteiger partial charge in [0.1, 0.15) is 6.29 Å². The lowest BCUT2D eigenvalue weighted by Crippen LogP contribution is -1.93. The number of aldehydes is 1. The maximum atomic E-state index is 10.00. The summed E-state index contributed by atoms with van der Waals surface area (Å²) in [6.45, 7) is 1.35. The second kappa shape index (κ2) is 7.94. The van der Waals surface area contributed by atoms with Gasteiger partial charge in [0.25, 0.3) is 0 Å². The number of hydrogen-bond acceptors (Lipinski definition) is 2. The van der Waals surface area contributed by atoms with Gasteiger partial charge in [-0.15, -0.1) is 0 Å². The molecule has 2 nitrogen and oxygen atoms in total. The first-order valence-corrected chi connectivity index (χ1v) is 5.14. The molecule has 2 heteroatoms. The fraction of sp³-hybridized carbons (Fsp3) is 0.308. The molecule has 1 aromatic carbocycles. The van der Waals surface area contributed by atoms with Crippen molar-refractivity contribution in [2.75, 3.05) is 6.61 Å². The predicted octanol–water partition coefficient (Wildman–Crippen LogP) is 2.74. The molecule has 1 rings (SSSR count). The first-order valence-electron chi connectivity index (χ1n) is 5.14. The second-order valence-corrected chi connectivity index (χ2v) is 3.20. The van der Waals surface area contributed by atoms with Gasteiger partial charge in [0.15, 0.2) is 0 Å². The van der Waals surface area contributed by atoms with Crippen LogP contribution in [0.4, 0.5) is 0 Å². The minimum Gasteiger partial charge on any atom is -0.376 e. The number of hydrogen-bond donors (Lipinski definition) is 0. The average Bonchev–Trinajstić information content (AvgIpc) is 2.29. The van der Waals surface area contributed by atoms with Crippen LogP contribution in [0, 0.1) is 0 Å². The van der Waals surface area contributed by atoms with Crippen molar-refractivity contribution in [3.8, 4) is 0 Å². The van der Waals surface area contributed by atoms with Gasteiger partial charge in [0.2, 0.25) is 0 Å². The normalized spacial score (nSPS) is 10.7. The Kier molecular flexibility index (Phi) is 6.18. The molecule has 80 valence electrons. The van der Waals surface area contributed by atoms with Crippen LogP contribution < -0.4 is 0 Å². The smallest absolute Gasteiger partial charge is 0.123 e. The van der Waals surface area contributed by atoms with Crippen LogP contribution in [0.5, 0.6) is 0 Å². The topological polar surface area (TPSA) is 26.3 Å². The summed E-state index contributed by atoms with van der Waals surface area (Å²) in [7, 11) is 0. The van der Waals surface area contributed by atoms with E-state index in [1.54, 1.807) is 0 Å². The molecule has 0 unspecified atom stereocenters. The van der Waals surface area contributed by atoms with E-state index in [2.05, 4.69) is 0 Å². The van der Waals surface area contributed by atoms with Crippen molar-refractivity contribution in [3.63, 3.8) is 0 Å². The van der Waals surface area contributed by atoms with E-state index in [1.165, 1.54) is 5.56 Å². The van der Waals surface area contributed by atoms with E-state index in [0.717, 1.165) is 12.7 Å². The molecule has 0 heterocycles. The predicted molar refractivity (Wildman–Crippen MR) is 60.5 cm³/mol. The first kappa shape index (κ1) is 11.7. The van der Waals surface area contributed by atoms with E-state index in [-0.39, 0.29) is 0 Å². The molecule has 0 aromatic heterocycles. The molecule has 15 heavy (non-hydrogen) atoms. The Morgan fingerprint density at radius 2 is 1.93 bits per heavy atom. The molecule has 0 N–H and O–H groups in total. The summed E-state index contributed by atoms with van der Waals surface area (Å²) >= 11 is 0. The summed E-state index contributed by atoms with van der Waals surface area (Å²) in [5.41, 5.74) is 1.19. The Labute approximate surface area is 90.6 Å². The van der Waals surface area contributed by atoms with E-state index in [1.807, 2.05) is 42.5 Å². The van der Waals surface area contributed by atoms with E-state index < -0.39 is 0 Å². The number of carbonyl (C=O) groups excluding carboxylic acids is 1. The maximum Gasteiger partial charge on any atom is 0.123 e. The molecule has 0 aliphatic carbocycles. The fourth-order valence-corrected chi connectivity index (χ4v) is 1.19. The molecule has 1 aromatic rings. The van der Waals surface area contributed by atoms with Crippen LogP contribution in [0.1, 0.15) is 18.4 Å². The van der Waals surface area contributed by atoms with E-state index in [4.69, 9.17) is 4.74 Å². The van der Waals surface area contributed by atoms with Gasteiger partial charge in [0, 0.05) is 6.42 Å². The summed E-state index contributed by atoms with van der Waals surface area (Å²) < 4.78 is 5.46. The molecule has 0 atom stereocenters. The van der Waals surface area contributed by atoms with Crippen LogP contribution in [0.25, 0.3) is 0 Å². The number of ether oxygens (including phenoxy) is 1. The molecule has 0 radical (unpaired) electrons. The van der Waals surface area contributed by atoms with Crippen LogP contribution in [0.2, 0.25) is 0 Å². The second-order valence-electron chi connectivity index (χ2n) is 3.20. The van der Waals surface area contributed by atoms with Crippen molar-refractivity contribution >= 4 is 6.29 Å². The lowest BCUT2D eigenvalue weighted by Gasteiger charge is -2.01. The lowest BCUT2D eigenvalue weighted by atomic mass is 10.2. The third-order valence-electron chi connectivity index (χ3n) is 1.94. The summed E-state index contributed by atoms with van der Waals surface area (Å²) in [5.74, 6) is 0. The highest BCUT2D eigenvalue weighted by Crippen LogP contribution is 2.00. The van der Waals surface area contributed by atoms with Gasteiger partial charge in [-0.1, -0.05) is 42.5 Å². The number of benzene rings is 1. The molecule has 0 saturated carbocycles. The molecule has 0 aliphatic rings. The summed E-state index contributed by atoms with van der Waals surface area (Å²) in [6, 6.07) is 10.1. The SMILES string of the molecule is O=CC/C=C/CCOCc1ccccc1. The van der Waals surface area contributed by atoms with Crippen LogP contribution in [0.3, 0.4) is 0 Å². The zero-order valence-corrected chi connectivity index (χ0v) is 8.76. The summed E-state index contributed by atoms with van der Waals surface area (Å²) in [5, 5.41) is 0. The summed E-state index contributed by atoms with van der Waals surface area (Å²) in [6.07, 6.45) is 6.08. The van der Waals surface area contributed by atoms with Gasteiger partial charge in [-0.05, 0) is 12.0 Å². The van der Waals surface area contributed by atoms with Crippen molar-refractivity contribution in [3.05, 3.63) is 48.0 Å². The van der Waals surface area contributed by atoms with Crippen molar-refractivity contribution in [2.45, 2.75) is 19.4 Å². The molecule has 0 bridgehead atoms. The van der Waals surface area contributed by atoms with Crippen molar-refractivity contribution < 1.29 is 9.53 Å². The maximum absolute atomic E-state index is 10.00. The molecule has 0 saturated heterocycles. The zero-order chi connectivity index (χ0) is 10.8. The van der Waals surface area contributed by atoms with Crippen molar-refractivity contribution in [1.29, 1.82) is 0 Å². The van der Waals surface area contributed by atoms with Crippen molar-refractivity contribution in [1.82, 2.24) is 0 Å². The Morgan fingerprint density at radius 1 is 1.13 bits per heavy atom. The number of allylic oxidation sites excluding steroid dienone is 1. The number of carbonyl (C=O) groups is 1. The molecule has 0 aliphatic heterocycles. The van der Waals surface area contributed by atoms with Gasteiger partial charge in [0.05, 0.1) is 13.2 Å². The lowest BCUT2D eigenvalue weighted by molar-refractivity contribution is -0.107. The quantitative estimate of drug-likeness (QED) is 0.388. The average molecular weight is 204 g/mol.